The van der Waals surface area contributed by atoms with Crippen molar-refractivity contribution in [3.05, 3.63) is 121 Å². The van der Waals surface area contributed by atoms with Gasteiger partial charge in [0, 0.05) is 17.2 Å². The van der Waals surface area contributed by atoms with Gasteiger partial charge >= 0.3 is 0 Å². The molecule has 0 fully saturated rings. The number of carbonyl (C=O) groups is 1. The molecule has 0 N–H and O–H groups in total. The van der Waals surface area contributed by atoms with Crippen molar-refractivity contribution >= 4 is 16.6 Å². The molecule has 4 heteroatoms. The normalized spacial score (nSPS) is 10.5. The monoisotopic (exact) mass is 480 g/mol. The zero-order valence-electron chi connectivity index (χ0n) is 17.4. The number of ketones is 1. The van der Waals surface area contributed by atoms with E-state index in [9.17, 15) is 4.79 Å². The average Bonchev–Trinajstić information content (AvgIpc) is 2.85. The second-order valence-corrected chi connectivity index (χ2v) is 7.55. The van der Waals surface area contributed by atoms with E-state index in [0.29, 0.717) is 5.56 Å². The van der Waals surface area contributed by atoms with Crippen LogP contribution in [-0.2, 0) is 6.54 Å². The van der Waals surface area contributed by atoms with Crippen molar-refractivity contribution in [1.29, 1.82) is 0 Å². The molecule has 4 aromatic carbocycles. The third-order valence-electron chi connectivity index (χ3n) is 5.45. The molecule has 5 aromatic rings. The van der Waals surface area contributed by atoms with Crippen molar-refractivity contribution in [2.45, 2.75) is 6.54 Å². The largest absolute Gasteiger partial charge is 1.00 e. The van der Waals surface area contributed by atoms with Crippen molar-refractivity contribution in [3.8, 4) is 22.4 Å². The Kier molecular flexibility index (Phi) is 6.52. The summed E-state index contributed by atoms with van der Waals surface area (Å²) in [4.78, 5) is 17.3. The summed E-state index contributed by atoms with van der Waals surface area (Å²) < 4.78 is 1.82. The molecule has 3 nitrogen and oxygen atoms in total. The molecular formula is C28H21BrN2O. The van der Waals surface area contributed by atoms with Gasteiger partial charge in [-0.25, -0.2) is 4.57 Å². The number of hydrogen-bond acceptors (Lipinski definition) is 2. The number of rotatable bonds is 5. The van der Waals surface area contributed by atoms with Crippen LogP contribution in [0.3, 0.4) is 0 Å². The van der Waals surface area contributed by atoms with Crippen molar-refractivity contribution in [1.82, 2.24) is 4.98 Å². The molecule has 1 aromatic heterocycles. The predicted molar refractivity (Wildman–Crippen MR) is 124 cm³/mol. The maximum atomic E-state index is 12.7. The Hall–Kier alpha value is -3.63. The van der Waals surface area contributed by atoms with Crippen LogP contribution in [0.1, 0.15) is 10.4 Å². The first-order valence-corrected chi connectivity index (χ1v) is 10.3. The molecule has 0 aliphatic heterocycles. The van der Waals surface area contributed by atoms with Crippen LogP contribution < -0.4 is 21.5 Å². The summed E-state index contributed by atoms with van der Waals surface area (Å²) in [6, 6.07) is 34.5. The van der Waals surface area contributed by atoms with Crippen molar-refractivity contribution < 1.29 is 26.3 Å². The van der Waals surface area contributed by atoms with Gasteiger partial charge in [0.05, 0.1) is 6.20 Å². The first-order chi connectivity index (χ1) is 15.3. The van der Waals surface area contributed by atoms with Gasteiger partial charge in [0.15, 0.2) is 12.2 Å². The highest BCUT2D eigenvalue weighted by atomic mass is 79.9. The van der Waals surface area contributed by atoms with Crippen LogP contribution >= 0.6 is 0 Å². The Morgan fingerprint density at radius 2 is 1.34 bits per heavy atom. The fourth-order valence-corrected chi connectivity index (χ4v) is 3.73. The second kappa shape index (κ2) is 9.67. The van der Waals surface area contributed by atoms with Gasteiger partial charge in [-0.15, -0.1) is 0 Å². The Morgan fingerprint density at radius 3 is 2.06 bits per heavy atom. The van der Waals surface area contributed by atoms with Crippen molar-refractivity contribution in [2.24, 2.45) is 0 Å². The zero-order valence-corrected chi connectivity index (χ0v) is 18.9. The summed E-state index contributed by atoms with van der Waals surface area (Å²) in [6.07, 6.45) is 3.63. The maximum Gasteiger partial charge on any atom is 0.287 e. The lowest BCUT2D eigenvalue weighted by molar-refractivity contribution is -0.686. The molecular weight excluding hydrogens is 460 g/mol. The van der Waals surface area contributed by atoms with E-state index in [1.165, 1.54) is 10.8 Å². The van der Waals surface area contributed by atoms with Gasteiger partial charge < -0.3 is 17.0 Å². The summed E-state index contributed by atoms with van der Waals surface area (Å²) in [5, 5.41) is 2.40. The highest BCUT2D eigenvalue weighted by Gasteiger charge is 2.12. The van der Waals surface area contributed by atoms with E-state index in [4.69, 9.17) is 0 Å². The molecule has 0 aliphatic rings. The summed E-state index contributed by atoms with van der Waals surface area (Å²) in [5.74, 6) is 0.0601. The van der Waals surface area contributed by atoms with Gasteiger partial charge in [0.1, 0.15) is 0 Å². The number of aromatic nitrogens is 2. The van der Waals surface area contributed by atoms with E-state index < -0.39 is 0 Å². The zero-order chi connectivity index (χ0) is 21.0. The molecule has 0 aliphatic carbocycles. The quantitative estimate of drug-likeness (QED) is 0.286. The van der Waals surface area contributed by atoms with E-state index in [0.717, 1.165) is 22.4 Å². The predicted octanol–water partition coefficient (Wildman–Crippen LogP) is 2.74. The molecule has 5 rings (SSSR count). The first-order valence-electron chi connectivity index (χ1n) is 10.3. The molecule has 0 saturated carbocycles. The first kappa shape index (κ1) is 21.6. The van der Waals surface area contributed by atoms with Crippen LogP contribution in [0.5, 0.6) is 0 Å². The third kappa shape index (κ3) is 4.66. The Balaban J connectivity index is 0.00000245. The highest BCUT2D eigenvalue weighted by Crippen LogP contribution is 2.22. The molecule has 156 valence electrons. The van der Waals surface area contributed by atoms with E-state index in [2.05, 4.69) is 47.4 Å². The number of fused-ring (bicyclic) bond motifs is 1. The van der Waals surface area contributed by atoms with Gasteiger partial charge in [-0.2, -0.15) is 0 Å². The van der Waals surface area contributed by atoms with Gasteiger partial charge in [0.25, 0.3) is 6.33 Å². The summed E-state index contributed by atoms with van der Waals surface area (Å²) in [5.41, 5.74) is 4.90. The Morgan fingerprint density at radius 1 is 0.688 bits per heavy atom. The van der Waals surface area contributed by atoms with Crippen LogP contribution in [0.4, 0.5) is 0 Å². The van der Waals surface area contributed by atoms with Gasteiger partial charge in [-0.1, -0.05) is 84.9 Å². The fraction of sp³-hybridized carbons (Fsp3) is 0.0357. The summed E-state index contributed by atoms with van der Waals surface area (Å²) in [7, 11) is 0. The topological polar surface area (TPSA) is 33.8 Å². The van der Waals surface area contributed by atoms with Crippen LogP contribution in [0.2, 0.25) is 0 Å². The Labute approximate surface area is 197 Å². The minimum atomic E-state index is 0. The van der Waals surface area contributed by atoms with Crippen LogP contribution in [0.15, 0.2) is 116 Å². The van der Waals surface area contributed by atoms with E-state index in [1.807, 2.05) is 71.4 Å². The number of carbonyl (C=O) groups excluding carboxylic acids is 1. The maximum absolute atomic E-state index is 12.7. The minimum absolute atomic E-state index is 0. The lowest BCUT2D eigenvalue weighted by Gasteiger charge is -2.04. The van der Waals surface area contributed by atoms with Crippen LogP contribution in [0, 0.1) is 0 Å². The number of hydrogen-bond donors (Lipinski definition) is 0. The standard InChI is InChI=1S/C28H21N2O.BrH/c31-28(24-13-10-23(11-14-24)21-6-2-1-3-7-21)19-30-17-16-27(29-20-30)26-15-12-22-8-4-5-9-25(22)18-26;/h1-18,20H,19H2;1H/q+1;/p-1. The van der Waals surface area contributed by atoms with E-state index in [1.54, 1.807) is 6.33 Å². The third-order valence-corrected chi connectivity index (χ3v) is 5.45. The number of benzene rings is 4. The molecule has 0 amide bonds. The van der Waals surface area contributed by atoms with Gasteiger partial charge in [0.2, 0.25) is 5.78 Å². The molecule has 0 unspecified atom stereocenters. The second-order valence-electron chi connectivity index (χ2n) is 7.55. The smallest absolute Gasteiger partial charge is 0.287 e. The molecule has 0 radical (unpaired) electrons. The lowest BCUT2D eigenvalue weighted by Crippen LogP contribution is -3.00. The summed E-state index contributed by atoms with van der Waals surface area (Å²) in [6.45, 7) is 0.260. The molecule has 0 bridgehead atoms. The molecule has 0 saturated heterocycles. The van der Waals surface area contributed by atoms with Crippen LogP contribution in [-0.4, -0.2) is 10.8 Å². The van der Waals surface area contributed by atoms with Gasteiger partial charge in [-0.3, -0.25) is 4.79 Å². The van der Waals surface area contributed by atoms with E-state index >= 15 is 0 Å². The number of nitrogens with zero attached hydrogens (tertiary/aromatic N) is 2. The minimum Gasteiger partial charge on any atom is -1.00 e. The SMILES string of the molecule is O=C(C[n+]1ccc(-c2ccc3ccccc3c2)nc1)c1ccc(-c2ccccc2)cc1.[Br-]. The highest BCUT2D eigenvalue weighted by molar-refractivity contribution is 5.95. The van der Waals surface area contributed by atoms with E-state index in [-0.39, 0.29) is 29.3 Å². The molecule has 1 heterocycles. The van der Waals surface area contributed by atoms with Crippen molar-refractivity contribution in [2.75, 3.05) is 0 Å². The van der Waals surface area contributed by atoms with Crippen LogP contribution in [0.25, 0.3) is 33.2 Å². The number of Topliss-reactive ketones (excluding diaryl/α,β-unsaturated/α-hetero) is 1. The molecule has 32 heavy (non-hydrogen) atoms. The number of halogens is 1. The summed E-state index contributed by atoms with van der Waals surface area (Å²) >= 11 is 0. The van der Waals surface area contributed by atoms with Crippen molar-refractivity contribution in [3.63, 3.8) is 0 Å². The molecule has 0 atom stereocenters. The Bertz CT molecular complexity index is 1350. The average molecular weight is 481 g/mol. The lowest BCUT2D eigenvalue weighted by atomic mass is 10.0. The molecule has 0 spiro atoms. The van der Waals surface area contributed by atoms with Gasteiger partial charge in [-0.05, 0) is 39.0 Å². The fourth-order valence-electron chi connectivity index (χ4n) is 3.73.